The fourth-order valence-electron chi connectivity index (χ4n) is 2.62. The first-order valence-electron chi connectivity index (χ1n) is 6.11. The van der Waals surface area contributed by atoms with Gasteiger partial charge < -0.3 is 14.4 Å². The van der Waals surface area contributed by atoms with Crippen LogP contribution in [0.3, 0.4) is 0 Å². The van der Waals surface area contributed by atoms with Gasteiger partial charge in [-0.05, 0) is 24.9 Å². The number of hydrogen-bond donors (Lipinski definition) is 0. The van der Waals surface area contributed by atoms with E-state index in [1.165, 1.54) is 11.5 Å². The summed E-state index contributed by atoms with van der Waals surface area (Å²) in [6.07, 6.45) is 0.857. The highest BCUT2D eigenvalue weighted by atomic mass is 32.1. The van der Waals surface area contributed by atoms with Crippen molar-refractivity contribution in [1.82, 2.24) is 9.27 Å². The first-order valence-corrected chi connectivity index (χ1v) is 6.95. The fourth-order valence-corrected chi connectivity index (χ4v) is 3.30. The maximum absolute atomic E-state index is 12.6. The van der Waals surface area contributed by atoms with Gasteiger partial charge in [-0.15, -0.1) is 0 Å². The lowest BCUT2D eigenvalue weighted by molar-refractivity contribution is -0.0551. The first kappa shape index (κ1) is 12.1. The van der Waals surface area contributed by atoms with Crippen molar-refractivity contribution in [3.05, 3.63) is 16.6 Å². The normalized spacial score (nSPS) is 27.9. The molecule has 0 N–H and O–H groups in total. The molecule has 1 aromatic rings. The molecule has 18 heavy (non-hydrogen) atoms. The van der Waals surface area contributed by atoms with Crippen LogP contribution in [0.1, 0.15) is 22.5 Å². The summed E-state index contributed by atoms with van der Waals surface area (Å²) in [4.78, 5) is 14.6. The zero-order valence-electron chi connectivity index (χ0n) is 10.3. The molecule has 2 aliphatic rings. The van der Waals surface area contributed by atoms with E-state index in [0.717, 1.165) is 12.1 Å². The van der Waals surface area contributed by atoms with Gasteiger partial charge in [0.15, 0.2) is 0 Å². The number of carbonyl (C=O) groups excluding carboxylic acids is 1. The average molecular weight is 268 g/mol. The van der Waals surface area contributed by atoms with Crippen molar-refractivity contribution >= 4 is 17.4 Å². The van der Waals surface area contributed by atoms with E-state index in [-0.39, 0.29) is 11.4 Å². The Kier molecular flexibility index (Phi) is 3.09. The Hall–Kier alpha value is -0.980. The van der Waals surface area contributed by atoms with Crippen LogP contribution in [0.25, 0.3) is 0 Å². The van der Waals surface area contributed by atoms with Gasteiger partial charge in [0.25, 0.3) is 5.91 Å². The smallest absolute Gasteiger partial charge is 0.257 e. The molecule has 0 aromatic carbocycles. The molecule has 2 fully saturated rings. The van der Waals surface area contributed by atoms with Crippen LogP contribution in [0.2, 0.25) is 0 Å². The van der Waals surface area contributed by atoms with Crippen molar-refractivity contribution < 1.29 is 14.3 Å². The highest BCUT2D eigenvalue weighted by Crippen LogP contribution is 2.31. The van der Waals surface area contributed by atoms with E-state index in [1.807, 2.05) is 17.2 Å². The third-order valence-corrected chi connectivity index (χ3v) is 4.43. The predicted octanol–water partition coefficient (Wildman–Crippen LogP) is 1.08. The van der Waals surface area contributed by atoms with Crippen LogP contribution >= 0.6 is 11.5 Å². The van der Waals surface area contributed by atoms with Crippen molar-refractivity contribution in [2.45, 2.75) is 18.9 Å². The number of aromatic nitrogens is 1. The molecule has 1 amide bonds. The second kappa shape index (κ2) is 4.60. The third kappa shape index (κ3) is 1.84. The summed E-state index contributed by atoms with van der Waals surface area (Å²) in [5.74, 6) is 0.0649. The Morgan fingerprint density at radius 1 is 1.44 bits per heavy atom. The molecule has 1 unspecified atom stereocenters. The Morgan fingerprint density at radius 3 is 2.89 bits per heavy atom. The third-order valence-electron chi connectivity index (χ3n) is 3.71. The molecule has 3 rings (SSSR count). The number of rotatable bonds is 1. The number of aryl methyl sites for hydroxylation is 1. The van der Waals surface area contributed by atoms with E-state index in [0.29, 0.717) is 38.5 Å². The second-order valence-corrected chi connectivity index (χ2v) is 5.48. The van der Waals surface area contributed by atoms with Crippen LogP contribution in [0.5, 0.6) is 0 Å². The summed E-state index contributed by atoms with van der Waals surface area (Å²) in [5.41, 5.74) is 1.27. The number of ether oxygens (including phenoxy) is 2. The summed E-state index contributed by atoms with van der Waals surface area (Å²) >= 11 is 1.33. The molecule has 5 nitrogen and oxygen atoms in total. The van der Waals surface area contributed by atoms with Crippen molar-refractivity contribution in [2.75, 3.05) is 33.0 Å². The molecule has 98 valence electrons. The van der Waals surface area contributed by atoms with Crippen molar-refractivity contribution in [3.63, 3.8) is 0 Å². The molecule has 0 aliphatic carbocycles. The molecule has 6 heteroatoms. The van der Waals surface area contributed by atoms with Gasteiger partial charge >= 0.3 is 0 Å². The lowest BCUT2D eigenvalue weighted by atomic mass is 9.95. The van der Waals surface area contributed by atoms with Gasteiger partial charge in [0.2, 0.25) is 0 Å². The molecule has 1 aromatic heterocycles. The molecule has 1 spiro atoms. The summed E-state index contributed by atoms with van der Waals surface area (Å²) in [6, 6.07) is 0. The summed E-state index contributed by atoms with van der Waals surface area (Å²) < 4.78 is 15.2. The molecule has 1 atom stereocenters. The van der Waals surface area contributed by atoms with Crippen molar-refractivity contribution in [1.29, 1.82) is 0 Å². The van der Waals surface area contributed by atoms with Crippen LogP contribution in [0, 0.1) is 6.92 Å². The Morgan fingerprint density at radius 2 is 2.22 bits per heavy atom. The van der Waals surface area contributed by atoms with E-state index in [9.17, 15) is 4.79 Å². The quantitative estimate of drug-likeness (QED) is 0.765. The summed E-state index contributed by atoms with van der Waals surface area (Å²) in [7, 11) is 0. The fraction of sp³-hybridized carbons (Fsp3) is 0.667. The van der Waals surface area contributed by atoms with Gasteiger partial charge in [-0.25, -0.2) is 0 Å². The predicted molar refractivity (Wildman–Crippen MR) is 66.9 cm³/mol. The van der Waals surface area contributed by atoms with E-state index in [2.05, 4.69) is 4.37 Å². The zero-order chi connectivity index (χ0) is 12.6. The molecular weight excluding hydrogens is 252 g/mol. The minimum absolute atomic E-state index is 0.0649. The molecule has 0 saturated carbocycles. The molecular formula is C12H16N2O3S. The lowest BCUT2D eigenvalue weighted by Gasteiger charge is -2.43. The number of amides is 1. The van der Waals surface area contributed by atoms with Gasteiger partial charge in [-0.2, -0.15) is 4.37 Å². The second-order valence-electron chi connectivity index (χ2n) is 4.85. The van der Waals surface area contributed by atoms with E-state index >= 15 is 0 Å². The van der Waals surface area contributed by atoms with Gasteiger partial charge in [-0.1, -0.05) is 0 Å². The largest absolute Gasteiger partial charge is 0.379 e. The van der Waals surface area contributed by atoms with Gasteiger partial charge in [0, 0.05) is 18.5 Å². The zero-order valence-corrected chi connectivity index (χ0v) is 11.2. The Labute approximate surface area is 110 Å². The Bertz CT molecular complexity index is 454. The van der Waals surface area contributed by atoms with Crippen LogP contribution in [0.4, 0.5) is 0 Å². The van der Waals surface area contributed by atoms with Crippen LogP contribution in [0.15, 0.2) is 5.38 Å². The minimum Gasteiger partial charge on any atom is -0.379 e. The minimum atomic E-state index is -0.260. The maximum atomic E-state index is 12.6. The van der Waals surface area contributed by atoms with Crippen LogP contribution in [-0.2, 0) is 9.47 Å². The van der Waals surface area contributed by atoms with Crippen LogP contribution < -0.4 is 0 Å². The SMILES string of the molecule is Cc1nscc1C(=O)N1CCOCC12CCOC2. The molecule has 3 heterocycles. The number of hydrogen-bond acceptors (Lipinski definition) is 5. The van der Waals surface area contributed by atoms with E-state index in [1.54, 1.807) is 0 Å². The number of nitrogens with zero attached hydrogens (tertiary/aromatic N) is 2. The van der Waals surface area contributed by atoms with Crippen molar-refractivity contribution in [3.8, 4) is 0 Å². The topological polar surface area (TPSA) is 51.7 Å². The molecule has 2 aliphatic heterocycles. The number of morpholine rings is 1. The van der Waals surface area contributed by atoms with Crippen LogP contribution in [-0.4, -0.2) is 53.7 Å². The number of carbonyl (C=O) groups is 1. The molecule has 0 radical (unpaired) electrons. The van der Waals surface area contributed by atoms with Crippen molar-refractivity contribution in [2.24, 2.45) is 0 Å². The standard InChI is InChI=1S/C12H16N2O3S/c1-9-10(6-18-13-9)11(15)14-3-5-17-8-12(14)2-4-16-7-12/h6H,2-5,7-8H2,1H3. The average Bonchev–Trinajstić information content (AvgIpc) is 2.99. The van der Waals surface area contributed by atoms with Gasteiger partial charge in [0.05, 0.1) is 36.6 Å². The maximum Gasteiger partial charge on any atom is 0.257 e. The van der Waals surface area contributed by atoms with Gasteiger partial charge in [0.1, 0.15) is 0 Å². The van der Waals surface area contributed by atoms with E-state index < -0.39 is 0 Å². The van der Waals surface area contributed by atoms with Gasteiger partial charge in [-0.3, -0.25) is 4.79 Å². The summed E-state index contributed by atoms with van der Waals surface area (Å²) in [5, 5.41) is 1.83. The highest BCUT2D eigenvalue weighted by Gasteiger charge is 2.46. The molecule has 2 saturated heterocycles. The first-order chi connectivity index (χ1) is 8.73. The monoisotopic (exact) mass is 268 g/mol. The highest BCUT2D eigenvalue weighted by molar-refractivity contribution is 7.03. The van der Waals surface area contributed by atoms with E-state index in [4.69, 9.17) is 9.47 Å². The lowest BCUT2D eigenvalue weighted by Crippen LogP contribution is -2.59. The summed E-state index contributed by atoms with van der Waals surface area (Å²) in [6.45, 7) is 4.97. The Balaban J connectivity index is 1.89. The molecule has 0 bridgehead atoms.